The zero-order chi connectivity index (χ0) is 21.9. The molecule has 0 aliphatic rings. The molecule has 3 N–H and O–H groups in total. The topological polar surface area (TPSA) is 90.5 Å². The van der Waals surface area contributed by atoms with Crippen LogP contribution in [0.4, 0.5) is 0 Å². The van der Waals surface area contributed by atoms with Gasteiger partial charge in [0.1, 0.15) is 0 Å². The molecule has 7 nitrogen and oxygen atoms in total. The number of hydrogen-bond donors (Lipinski definition) is 3. The van der Waals surface area contributed by atoms with Crippen LogP contribution in [0.15, 0.2) is 60.7 Å². The van der Waals surface area contributed by atoms with Crippen molar-refractivity contribution in [2.24, 2.45) is 0 Å². The van der Waals surface area contributed by atoms with E-state index < -0.39 is 0 Å². The monoisotopic (exact) mass is 410 g/mol. The van der Waals surface area contributed by atoms with Gasteiger partial charge in [-0.05, 0) is 25.0 Å². The van der Waals surface area contributed by atoms with Crippen LogP contribution in [-0.4, -0.2) is 49.3 Å². The summed E-state index contributed by atoms with van der Waals surface area (Å²) in [6.45, 7) is 3.63. The number of rotatable bonds is 10. The first-order valence-corrected chi connectivity index (χ1v) is 10.0. The minimum absolute atomic E-state index is 0.0449. The Labute approximate surface area is 177 Å². The van der Waals surface area contributed by atoms with Gasteiger partial charge in [0, 0.05) is 7.05 Å². The van der Waals surface area contributed by atoms with E-state index in [1.807, 2.05) is 74.5 Å². The van der Waals surface area contributed by atoms with Crippen molar-refractivity contribution >= 4 is 17.7 Å². The van der Waals surface area contributed by atoms with Gasteiger partial charge in [-0.25, -0.2) is 0 Å². The first-order chi connectivity index (χ1) is 14.4. The number of nitrogens with zero attached hydrogens (tertiary/aromatic N) is 1. The van der Waals surface area contributed by atoms with E-state index in [9.17, 15) is 14.4 Å². The second kappa shape index (κ2) is 11.7. The lowest BCUT2D eigenvalue weighted by molar-refractivity contribution is -0.128. The Morgan fingerprint density at radius 1 is 0.700 bits per heavy atom. The zero-order valence-corrected chi connectivity index (χ0v) is 17.7. The summed E-state index contributed by atoms with van der Waals surface area (Å²) >= 11 is 0. The lowest BCUT2D eigenvalue weighted by Gasteiger charge is -2.23. The third kappa shape index (κ3) is 7.67. The highest BCUT2D eigenvalue weighted by Crippen LogP contribution is 2.12. The maximum atomic E-state index is 12.5. The van der Waals surface area contributed by atoms with E-state index in [0.29, 0.717) is 0 Å². The van der Waals surface area contributed by atoms with Crippen LogP contribution >= 0.6 is 0 Å². The van der Waals surface area contributed by atoms with E-state index in [1.165, 1.54) is 11.9 Å². The fourth-order valence-corrected chi connectivity index (χ4v) is 3.08. The molecule has 0 aliphatic heterocycles. The van der Waals surface area contributed by atoms with Gasteiger partial charge < -0.3 is 16.0 Å². The van der Waals surface area contributed by atoms with Gasteiger partial charge >= 0.3 is 0 Å². The summed E-state index contributed by atoms with van der Waals surface area (Å²) in [5, 5.41) is 8.36. The Morgan fingerprint density at radius 3 is 1.43 bits per heavy atom. The van der Waals surface area contributed by atoms with Crippen molar-refractivity contribution in [2.45, 2.75) is 25.9 Å². The quantitative estimate of drug-likeness (QED) is 0.557. The fraction of sp³-hybridized carbons (Fsp3) is 0.348. The molecule has 0 bridgehead atoms. The van der Waals surface area contributed by atoms with Crippen LogP contribution in [0.5, 0.6) is 0 Å². The van der Waals surface area contributed by atoms with Crippen LogP contribution < -0.4 is 16.0 Å². The van der Waals surface area contributed by atoms with Gasteiger partial charge in [0.2, 0.25) is 17.7 Å². The van der Waals surface area contributed by atoms with Gasteiger partial charge in [-0.3, -0.25) is 19.3 Å². The SMILES string of the molecule is CNC(=O)CN(CC(=O)N[C@H](C)c1ccccc1)CC(=O)N[C@H](C)c1ccccc1. The minimum atomic E-state index is -0.261. The van der Waals surface area contributed by atoms with Crippen molar-refractivity contribution < 1.29 is 14.4 Å². The maximum absolute atomic E-state index is 12.5. The molecule has 0 heterocycles. The Morgan fingerprint density at radius 2 is 1.07 bits per heavy atom. The first kappa shape index (κ1) is 23.1. The third-order valence-electron chi connectivity index (χ3n) is 4.73. The van der Waals surface area contributed by atoms with E-state index in [0.717, 1.165) is 11.1 Å². The molecule has 30 heavy (non-hydrogen) atoms. The van der Waals surface area contributed by atoms with Crippen molar-refractivity contribution in [3.8, 4) is 0 Å². The molecule has 0 saturated heterocycles. The van der Waals surface area contributed by atoms with Gasteiger partial charge in [-0.1, -0.05) is 60.7 Å². The number of benzene rings is 2. The molecule has 7 heteroatoms. The number of hydrogen-bond acceptors (Lipinski definition) is 4. The number of carbonyl (C=O) groups is 3. The summed E-state index contributed by atoms with van der Waals surface area (Å²) < 4.78 is 0. The molecule has 0 radical (unpaired) electrons. The van der Waals surface area contributed by atoms with E-state index in [4.69, 9.17) is 0 Å². The van der Waals surface area contributed by atoms with E-state index in [2.05, 4.69) is 16.0 Å². The normalized spacial score (nSPS) is 12.7. The van der Waals surface area contributed by atoms with Crippen LogP contribution in [0.2, 0.25) is 0 Å². The lowest BCUT2D eigenvalue weighted by atomic mass is 10.1. The van der Waals surface area contributed by atoms with Crippen molar-refractivity contribution in [3.05, 3.63) is 71.8 Å². The smallest absolute Gasteiger partial charge is 0.234 e. The van der Waals surface area contributed by atoms with Crippen molar-refractivity contribution in [2.75, 3.05) is 26.7 Å². The standard InChI is InChI=1S/C23H30N4O3/c1-17(19-10-6-4-7-11-19)25-22(29)15-27(14-21(28)24-3)16-23(30)26-18(2)20-12-8-5-9-13-20/h4-13,17-18H,14-16H2,1-3H3,(H,24,28)(H,25,29)(H,26,30)/t17-,18-/m1/s1. The number of amides is 3. The molecule has 0 spiro atoms. The Balaban J connectivity index is 1.94. The molecular formula is C23H30N4O3. The van der Waals surface area contributed by atoms with E-state index in [-0.39, 0.29) is 49.4 Å². The molecule has 2 aromatic carbocycles. The molecule has 0 saturated carbocycles. The predicted molar refractivity (Wildman–Crippen MR) is 117 cm³/mol. The molecule has 3 amide bonds. The van der Waals surface area contributed by atoms with Gasteiger partial charge in [-0.15, -0.1) is 0 Å². The van der Waals surface area contributed by atoms with Gasteiger partial charge in [-0.2, -0.15) is 0 Å². The average Bonchev–Trinajstić information content (AvgIpc) is 2.74. The Kier molecular flexibility index (Phi) is 9.03. The molecule has 0 fully saturated rings. The van der Waals surface area contributed by atoms with E-state index in [1.54, 1.807) is 0 Å². The number of nitrogens with one attached hydrogen (secondary N) is 3. The lowest BCUT2D eigenvalue weighted by Crippen LogP contribution is -2.47. The van der Waals surface area contributed by atoms with Crippen molar-refractivity contribution in [3.63, 3.8) is 0 Å². The predicted octanol–water partition coefficient (Wildman–Crippen LogP) is 1.79. The van der Waals surface area contributed by atoms with Crippen molar-refractivity contribution in [1.82, 2.24) is 20.9 Å². The number of carbonyl (C=O) groups excluding carboxylic acids is 3. The molecule has 0 aliphatic carbocycles. The first-order valence-electron chi connectivity index (χ1n) is 10.0. The molecule has 0 aromatic heterocycles. The second-order valence-electron chi connectivity index (χ2n) is 7.22. The van der Waals surface area contributed by atoms with Crippen LogP contribution in [0, 0.1) is 0 Å². The van der Waals surface area contributed by atoms with Gasteiger partial charge in [0.25, 0.3) is 0 Å². The minimum Gasteiger partial charge on any atom is -0.358 e. The zero-order valence-electron chi connectivity index (χ0n) is 17.7. The van der Waals surface area contributed by atoms with E-state index >= 15 is 0 Å². The van der Waals surface area contributed by atoms with Crippen molar-refractivity contribution in [1.29, 1.82) is 0 Å². The largest absolute Gasteiger partial charge is 0.358 e. The second-order valence-corrected chi connectivity index (χ2v) is 7.22. The molecule has 2 aromatic rings. The number of likely N-dealkylation sites (N-methyl/N-ethyl adjacent to an activating group) is 1. The molecule has 160 valence electrons. The average molecular weight is 411 g/mol. The summed E-state index contributed by atoms with van der Waals surface area (Å²) in [6, 6.07) is 18.9. The molecule has 2 rings (SSSR count). The molecular weight excluding hydrogens is 380 g/mol. The Hall–Kier alpha value is -3.19. The third-order valence-corrected chi connectivity index (χ3v) is 4.73. The van der Waals surface area contributed by atoms with Gasteiger partial charge in [0.05, 0.1) is 31.7 Å². The van der Waals surface area contributed by atoms with Crippen LogP contribution in [0.3, 0.4) is 0 Å². The summed E-state index contributed by atoms with van der Waals surface area (Å²) in [6.07, 6.45) is 0. The highest BCUT2D eigenvalue weighted by atomic mass is 16.2. The maximum Gasteiger partial charge on any atom is 0.234 e. The summed E-state index contributed by atoms with van der Waals surface area (Å²) in [5.74, 6) is -0.763. The van der Waals surface area contributed by atoms with Crippen LogP contribution in [0.1, 0.15) is 37.1 Å². The molecule has 2 atom stereocenters. The summed E-state index contributed by atoms with van der Waals surface area (Å²) in [5.41, 5.74) is 1.97. The van der Waals surface area contributed by atoms with Crippen LogP contribution in [-0.2, 0) is 14.4 Å². The van der Waals surface area contributed by atoms with Gasteiger partial charge in [0.15, 0.2) is 0 Å². The molecule has 0 unspecified atom stereocenters. The fourth-order valence-electron chi connectivity index (χ4n) is 3.08. The Bertz CT molecular complexity index is 765. The highest BCUT2D eigenvalue weighted by molar-refractivity contribution is 5.84. The highest BCUT2D eigenvalue weighted by Gasteiger charge is 2.20. The summed E-state index contributed by atoms with van der Waals surface area (Å²) in [7, 11) is 1.52. The summed E-state index contributed by atoms with van der Waals surface area (Å²) in [4.78, 5) is 38.4. The van der Waals surface area contributed by atoms with Crippen LogP contribution in [0.25, 0.3) is 0 Å².